The van der Waals surface area contributed by atoms with Crippen LogP contribution in [0, 0.1) is 0 Å². The average molecular weight is 591 g/mol. The molecule has 1 aliphatic heterocycles. The van der Waals surface area contributed by atoms with Crippen molar-refractivity contribution < 1.29 is 24.3 Å². The molecule has 0 aliphatic carbocycles. The predicted molar refractivity (Wildman–Crippen MR) is 158 cm³/mol. The molecule has 3 N–H and O–H groups in total. The van der Waals surface area contributed by atoms with Gasteiger partial charge in [0.2, 0.25) is 5.95 Å². The fraction of sp³-hybridized carbons (Fsp3) is 0.393. The molecule has 0 saturated carbocycles. The fourth-order valence-electron chi connectivity index (χ4n) is 4.46. The standard InChI is InChI=1S/C28H34N10O5/c1-28(2,3)43-27(40)31-19-8-6-17(7-9-19)22-33-23-21(24(34-22)38-10-12-42-13-11-38)32-20(37(23)5)16-36(4)26-29-14-18(15-30-26)25(39)35-41/h6-9,14-15,41H,10-13,16H2,1-5H3,(H,31,40)(H,35,39). The molecule has 1 saturated heterocycles. The summed E-state index contributed by atoms with van der Waals surface area (Å²) in [5.74, 6) is 1.61. The third-order valence-electron chi connectivity index (χ3n) is 6.61. The maximum Gasteiger partial charge on any atom is 0.412 e. The van der Waals surface area contributed by atoms with Gasteiger partial charge in [-0.05, 0) is 45.0 Å². The van der Waals surface area contributed by atoms with Gasteiger partial charge < -0.3 is 23.8 Å². The number of carbonyl (C=O) groups is 2. The van der Waals surface area contributed by atoms with Gasteiger partial charge in [-0.3, -0.25) is 15.3 Å². The van der Waals surface area contributed by atoms with Crippen molar-refractivity contribution in [3.8, 4) is 11.4 Å². The maximum atomic E-state index is 12.2. The van der Waals surface area contributed by atoms with Crippen molar-refractivity contribution in [1.82, 2.24) is 35.0 Å². The highest BCUT2D eigenvalue weighted by molar-refractivity contribution is 5.92. The van der Waals surface area contributed by atoms with Crippen LogP contribution in [0.1, 0.15) is 37.0 Å². The molecule has 0 bridgehead atoms. The van der Waals surface area contributed by atoms with Crippen molar-refractivity contribution in [2.24, 2.45) is 7.05 Å². The van der Waals surface area contributed by atoms with Crippen LogP contribution in [0.5, 0.6) is 0 Å². The molecule has 4 heterocycles. The lowest BCUT2D eigenvalue weighted by Gasteiger charge is -2.28. The number of rotatable bonds is 7. The number of morpholine rings is 1. The highest BCUT2D eigenvalue weighted by Gasteiger charge is 2.24. The number of imidazole rings is 1. The van der Waals surface area contributed by atoms with Gasteiger partial charge in [-0.2, -0.15) is 0 Å². The topological polar surface area (TPSA) is 173 Å². The Hall–Kier alpha value is -4.89. The number of hydroxylamine groups is 1. The van der Waals surface area contributed by atoms with Gasteiger partial charge in [-0.1, -0.05) is 0 Å². The lowest BCUT2D eigenvalue weighted by Crippen LogP contribution is -2.37. The van der Waals surface area contributed by atoms with Crippen LogP contribution in [0.25, 0.3) is 22.6 Å². The van der Waals surface area contributed by atoms with Gasteiger partial charge in [-0.25, -0.2) is 35.2 Å². The van der Waals surface area contributed by atoms with Gasteiger partial charge in [0.05, 0.1) is 25.3 Å². The smallest absolute Gasteiger partial charge is 0.412 e. The second-order valence-electron chi connectivity index (χ2n) is 11.0. The molecule has 226 valence electrons. The Labute approximate surface area is 247 Å². The molecule has 0 atom stereocenters. The molecule has 0 radical (unpaired) electrons. The first-order valence-corrected chi connectivity index (χ1v) is 13.7. The molecule has 2 amide bonds. The van der Waals surface area contributed by atoms with Crippen molar-refractivity contribution in [1.29, 1.82) is 0 Å². The van der Waals surface area contributed by atoms with Crippen molar-refractivity contribution in [2.45, 2.75) is 32.9 Å². The van der Waals surface area contributed by atoms with Gasteiger partial charge in [0.25, 0.3) is 5.91 Å². The van der Waals surface area contributed by atoms with E-state index >= 15 is 0 Å². The monoisotopic (exact) mass is 590 g/mol. The number of nitrogens with zero attached hydrogens (tertiary/aromatic N) is 8. The third kappa shape index (κ3) is 6.79. The largest absolute Gasteiger partial charge is 0.444 e. The number of nitrogens with one attached hydrogen (secondary N) is 2. The summed E-state index contributed by atoms with van der Waals surface area (Å²) in [4.78, 5) is 50.9. The number of fused-ring (bicyclic) bond motifs is 1. The minimum Gasteiger partial charge on any atom is -0.444 e. The van der Waals surface area contributed by atoms with Gasteiger partial charge in [0.1, 0.15) is 11.4 Å². The first kappa shape index (κ1) is 29.6. The molecular weight excluding hydrogens is 556 g/mol. The zero-order chi connectivity index (χ0) is 30.7. The molecule has 5 rings (SSSR count). The van der Waals surface area contributed by atoms with Crippen molar-refractivity contribution >= 4 is 40.6 Å². The van der Waals surface area contributed by atoms with Gasteiger partial charge in [0.15, 0.2) is 22.8 Å². The van der Waals surface area contributed by atoms with Crippen LogP contribution in [0.4, 0.5) is 22.2 Å². The molecule has 3 aromatic heterocycles. The van der Waals surface area contributed by atoms with E-state index in [4.69, 9.17) is 29.6 Å². The third-order valence-corrected chi connectivity index (χ3v) is 6.61. The summed E-state index contributed by atoms with van der Waals surface area (Å²) in [6.45, 7) is 8.26. The Balaban J connectivity index is 1.45. The molecule has 15 nitrogen and oxygen atoms in total. The average Bonchev–Trinajstić information content (AvgIpc) is 3.30. The number of carbonyl (C=O) groups excluding carboxylic acids is 2. The second-order valence-corrected chi connectivity index (χ2v) is 11.0. The maximum absolute atomic E-state index is 12.2. The van der Waals surface area contributed by atoms with Crippen LogP contribution >= 0.6 is 0 Å². The molecule has 1 aliphatic rings. The molecule has 1 fully saturated rings. The summed E-state index contributed by atoms with van der Waals surface area (Å²) in [6.07, 6.45) is 2.14. The van der Waals surface area contributed by atoms with Crippen molar-refractivity contribution in [3.05, 3.63) is 48.0 Å². The van der Waals surface area contributed by atoms with E-state index in [1.165, 1.54) is 12.4 Å². The summed E-state index contributed by atoms with van der Waals surface area (Å²) in [6, 6.07) is 7.25. The Kier molecular flexibility index (Phi) is 8.36. The van der Waals surface area contributed by atoms with Crippen LogP contribution in [0.3, 0.4) is 0 Å². The minimum absolute atomic E-state index is 0.133. The van der Waals surface area contributed by atoms with E-state index < -0.39 is 17.6 Å². The molecule has 15 heteroatoms. The summed E-state index contributed by atoms with van der Waals surface area (Å²) in [5.41, 5.74) is 3.77. The zero-order valence-corrected chi connectivity index (χ0v) is 24.7. The highest BCUT2D eigenvalue weighted by Crippen LogP contribution is 2.29. The number of anilines is 3. The Morgan fingerprint density at radius 2 is 1.74 bits per heavy atom. The first-order valence-electron chi connectivity index (χ1n) is 13.7. The van der Waals surface area contributed by atoms with Crippen LogP contribution in [0.2, 0.25) is 0 Å². The minimum atomic E-state index is -0.691. The van der Waals surface area contributed by atoms with E-state index in [-0.39, 0.29) is 5.56 Å². The van der Waals surface area contributed by atoms with Crippen LogP contribution in [0.15, 0.2) is 36.7 Å². The number of amides is 2. The normalized spacial score (nSPS) is 13.6. The molecule has 0 unspecified atom stereocenters. The predicted octanol–water partition coefficient (Wildman–Crippen LogP) is 2.76. The molecule has 0 spiro atoms. The van der Waals surface area contributed by atoms with Gasteiger partial charge >= 0.3 is 6.09 Å². The number of ether oxygens (including phenoxy) is 2. The fourth-order valence-corrected chi connectivity index (χ4v) is 4.46. The van der Waals surface area contributed by atoms with Crippen LogP contribution in [-0.2, 0) is 23.1 Å². The molecular formula is C28H34N10O5. The SMILES string of the molecule is CN(Cc1nc2c(N3CCOCC3)nc(-c3ccc(NC(=O)OC(C)(C)C)cc3)nc2n1C)c1ncc(C(=O)NO)cn1. The lowest BCUT2D eigenvalue weighted by molar-refractivity contribution is 0.0635. The van der Waals surface area contributed by atoms with Crippen LogP contribution in [-0.4, -0.2) is 85.6 Å². The molecule has 1 aromatic carbocycles. The Morgan fingerprint density at radius 3 is 2.37 bits per heavy atom. The Morgan fingerprint density at radius 1 is 1.07 bits per heavy atom. The zero-order valence-electron chi connectivity index (χ0n) is 24.7. The summed E-state index contributed by atoms with van der Waals surface area (Å²) in [5, 5.41) is 11.6. The van der Waals surface area contributed by atoms with Crippen molar-refractivity contribution in [3.63, 3.8) is 0 Å². The molecule has 43 heavy (non-hydrogen) atoms. The number of aryl methyl sites for hydroxylation is 1. The number of aromatic nitrogens is 6. The van der Waals surface area contributed by atoms with E-state index in [1.807, 2.05) is 51.6 Å². The number of hydrogen-bond acceptors (Lipinski definition) is 12. The second kappa shape index (κ2) is 12.1. The first-order chi connectivity index (χ1) is 20.5. The quantitative estimate of drug-likeness (QED) is 0.213. The van der Waals surface area contributed by atoms with E-state index in [9.17, 15) is 9.59 Å². The Bertz CT molecular complexity index is 1610. The number of benzene rings is 1. The van der Waals surface area contributed by atoms with Gasteiger partial charge in [-0.15, -0.1) is 0 Å². The highest BCUT2D eigenvalue weighted by atomic mass is 16.6. The van der Waals surface area contributed by atoms with Crippen molar-refractivity contribution in [2.75, 3.05) is 48.5 Å². The summed E-state index contributed by atoms with van der Waals surface area (Å²) >= 11 is 0. The van der Waals surface area contributed by atoms with E-state index in [2.05, 4.69) is 20.2 Å². The lowest BCUT2D eigenvalue weighted by atomic mass is 10.2. The van der Waals surface area contributed by atoms with Gasteiger partial charge in [0, 0.05) is 50.8 Å². The van der Waals surface area contributed by atoms with Crippen LogP contribution < -0.4 is 20.6 Å². The van der Waals surface area contributed by atoms with E-state index in [0.29, 0.717) is 73.1 Å². The van der Waals surface area contributed by atoms with E-state index in [0.717, 1.165) is 5.56 Å². The van der Waals surface area contributed by atoms with E-state index in [1.54, 1.807) is 22.5 Å². The molecule has 4 aromatic rings. The number of hydrogen-bond donors (Lipinski definition) is 3. The summed E-state index contributed by atoms with van der Waals surface area (Å²) in [7, 11) is 3.70. The summed E-state index contributed by atoms with van der Waals surface area (Å²) < 4.78 is 12.8.